The molecular formula is C15H14BrNO3. The van der Waals surface area contributed by atoms with Gasteiger partial charge in [-0.3, -0.25) is 4.79 Å². The fourth-order valence-electron chi connectivity index (χ4n) is 2.06. The van der Waals surface area contributed by atoms with Gasteiger partial charge >= 0.3 is 5.97 Å². The van der Waals surface area contributed by atoms with Crippen molar-refractivity contribution < 1.29 is 14.3 Å². The minimum atomic E-state index is -0.499. The Balaban J connectivity index is 2.53. The third-order valence-electron chi connectivity index (χ3n) is 3.22. The number of hydrogen-bond acceptors (Lipinski definition) is 3. The predicted octanol–water partition coefficient (Wildman–Crippen LogP) is 2.75. The zero-order chi connectivity index (χ0) is 14.9. The van der Waals surface area contributed by atoms with Crippen molar-refractivity contribution in [1.82, 2.24) is 4.90 Å². The van der Waals surface area contributed by atoms with E-state index in [1.54, 1.807) is 20.0 Å². The standard InChI is InChI=1S/C15H14BrNO3/c1-9-13(15(19)20-3)12(14(18)17(9)2)8-10-5-4-6-11(16)7-10/h4-8H,1-3H3/b12-8-. The molecule has 1 aromatic carbocycles. The van der Waals surface area contributed by atoms with Crippen LogP contribution in [0, 0.1) is 0 Å². The van der Waals surface area contributed by atoms with Gasteiger partial charge < -0.3 is 9.64 Å². The monoisotopic (exact) mass is 335 g/mol. The van der Waals surface area contributed by atoms with Crippen LogP contribution in [0.4, 0.5) is 0 Å². The summed E-state index contributed by atoms with van der Waals surface area (Å²) < 4.78 is 5.68. The molecule has 20 heavy (non-hydrogen) atoms. The molecule has 2 rings (SSSR count). The Morgan fingerprint density at radius 2 is 2.10 bits per heavy atom. The van der Waals surface area contributed by atoms with Crippen molar-refractivity contribution in [1.29, 1.82) is 0 Å². The molecule has 5 heteroatoms. The maximum Gasteiger partial charge on any atom is 0.340 e. The van der Waals surface area contributed by atoms with Crippen molar-refractivity contribution in [2.45, 2.75) is 6.92 Å². The number of benzene rings is 1. The predicted molar refractivity (Wildman–Crippen MR) is 79.6 cm³/mol. The van der Waals surface area contributed by atoms with E-state index in [2.05, 4.69) is 15.9 Å². The molecule has 1 amide bonds. The smallest absolute Gasteiger partial charge is 0.340 e. The topological polar surface area (TPSA) is 46.6 Å². The average molecular weight is 336 g/mol. The average Bonchev–Trinajstić information content (AvgIpc) is 2.63. The lowest BCUT2D eigenvalue weighted by Crippen LogP contribution is -2.19. The van der Waals surface area contributed by atoms with Crippen LogP contribution in [0.25, 0.3) is 6.08 Å². The second-order valence-electron chi connectivity index (χ2n) is 4.43. The van der Waals surface area contributed by atoms with Gasteiger partial charge in [-0.05, 0) is 30.7 Å². The zero-order valence-corrected chi connectivity index (χ0v) is 13.0. The third-order valence-corrected chi connectivity index (χ3v) is 3.71. The molecule has 0 aliphatic carbocycles. The van der Waals surface area contributed by atoms with E-state index < -0.39 is 5.97 Å². The van der Waals surface area contributed by atoms with Gasteiger partial charge in [-0.25, -0.2) is 4.79 Å². The van der Waals surface area contributed by atoms with E-state index in [0.29, 0.717) is 16.8 Å². The number of carbonyl (C=O) groups excluding carboxylic acids is 2. The SMILES string of the molecule is COC(=O)C1=C(C)N(C)C(=O)/C1=C\c1cccc(Br)c1. The molecule has 0 bridgehead atoms. The first-order valence-corrected chi connectivity index (χ1v) is 6.80. The maximum atomic E-state index is 12.2. The van der Waals surface area contributed by atoms with Crippen LogP contribution in [0.15, 0.2) is 45.6 Å². The number of esters is 1. The van der Waals surface area contributed by atoms with Crippen LogP contribution < -0.4 is 0 Å². The van der Waals surface area contributed by atoms with Gasteiger partial charge in [-0.15, -0.1) is 0 Å². The molecular weight excluding hydrogens is 322 g/mol. The summed E-state index contributed by atoms with van der Waals surface area (Å²) in [5, 5.41) is 0. The van der Waals surface area contributed by atoms with Gasteiger partial charge in [-0.1, -0.05) is 28.1 Å². The normalized spacial score (nSPS) is 17.1. The molecule has 0 spiro atoms. The molecule has 1 aliphatic heterocycles. The summed E-state index contributed by atoms with van der Waals surface area (Å²) in [6, 6.07) is 7.51. The highest BCUT2D eigenvalue weighted by molar-refractivity contribution is 9.10. The molecule has 0 atom stereocenters. The summed E-state index contributed by atoms with van der Waals surface area (Å²) >= 11 is 3.38. The Kier molecular flexibility index (Phi) is 4.09. The first-order valence-electron chi connectivity index (χ1n) is 6.00. The van der Waals surface area contributed by atoms with Crippen molar-refractivity contribution in [2.24, 2.45) is 0 Å². The van der Waals surface area contributed by atoms with E-state index in [1.165, 1.54) is 12.0 Å². The fourth-order valence-corrected chi connectivity index (χ4v) is 2.48. The van der Waals surface area contributed by atoms with Crippen LogP contribution in [0.2, 0.25) is 0 Å². The Bertz CT molecular complexity index is 646. The van der Waals surface area contributed by atoms with Gasteiger partial charge in [0.25, 0.3) is 5.91 Å². The number of hydrogen-bond donors (Lipinski definition) is 0. The number of allylic oxidation sites excluding steroid dienone is 1. The minimum absolute atomic E-state index is 0.206. The molecule has 1 aromatic rings. The lowest BCUT2D eigenvalue weighted by molar-refractivity contribution is -0.136. The number of halogens is 1. The number of methoxy groups -OCH3 is 1. The Morgan fingerprint density at radius 3 is 2.70 bits per heavy atom. The van der Waals surface area contributed by atoms with Gasteiger partial charge in [-0.2, -0.15) is 0 Å². The van der Waals surface area contributed by atoms with Crippen molar-refractivity contribution in [2.75, 3.05) is 14.2 Å². The Hall–Kier alpha value is -1.88. The number of nitrogens with zero attached hydrogens (tertiary/aromatic N) is 1. The Morgan fingerprint density at radius 1 is 1.40 bits per heavy atom. The molecule has 0 N–H and O–H groups in total. The largest absolute Gasteiger partial charge is 0.465 e. The van der Waals surface area contributed by atoms with Crippen molar-refractivity contribution in [3.63, 3.8) is 0 Å². The summed E-state index contributed by atoms with van der Waals surface area (Å²) in [5.41, 5.74) is 2.12. The summed E-state index contributed by atoms with van der Waals surface area (Å²) in [6.07, 6.45) is 1.70. The highest BCUT2D eigenvalue weighted by Gasteiger charge is 2.34. The van der Waals surface area contributed by atoms with Crippen LogP contribution >= 0.6 is 15.9 Å². The zero-order valence-electron chi connectivity index (χ0n) is 11.4. The van der Waals surface area contributed by atoms with Gasteiger partial charge in [0.1, 0.15) is 0 Å². The number of likely N-dealkylation sites (N-methyl/N-ethyl adjacent to an activating group) is 1. The summed E-state index contributed by atoms with van der Waals surface area (Å²) in [4.78, 5) is 25.6. The van der Waals surface area contributed by atoms with Gasteiger partial charge in [0.15, 0.2) is 0 Å². The molecule has 1 aliphatic rings. The van der Waals surface area contributed by atoms with Crippen molar-refractivity contribution in [3.8, 4) is 0 Å². The number of carbonyl (C=O) groups is 2. The molecule has 104 valence electrons. The molecule has 1 heterocycles. The molecule has 4 nitrogen and oxygen atoms in total. The lowest BCUT2D eigenvalue weighted by Gasteiger charge is -2.08. The maximum absolute atomic E-state index is 12.2. The highest BCUT2D eigenvalue weighted by Crippen LogP contribution is 2.30. The fraction of sp³-hybridized carbons (Fsp3) is 0.200. The first-order chi connectivity index (χ1) is 9.45. The van der Waals surface area contributed by atoms with Gasteiger partial charge in [0.05, 0.1) is 18.3 Å². The molecule has 0 saturated heterocycles. The minimum Gasteiger partial charge on any atom is -0.465 e. The van der Waals surface area contributed by atoms with Crippen LogP contribution in [0.5, 0.6) is 0 Å². The Labute approximate surface area is 125 Å². The van der Waals surface area contributed by atoms with Gasteiger partial charge in [0, 0.05) is 17.2 Å². The van der Waals surface area contributed by atoms with Crippen molar-refractivity contribution in [3.05, 3.63) is 51.1 Å². The molecule has 0 radical (unpaired) electrons. The van der Waals surface area contributed by atoms with Crippen LogP contribution in [0.1, 0.15) is 12.5 Å². The first kappa shape index (κ1) is 14.5. The number of amides is 1. The lowest BCUT2D eigenvalue weighted by atomic mass is 10.0. The molecule has 0 fully saturated rings. The van der Waals surface area contributed by atoms with E-state index in [1.807, 2.05) is 24.3 Å². The van der Waals surface area contributed by atoms with E-state index in [0.717, 1.165) is 10.0 Å². The van der Waals surface area contributed by atoms with E-state index in [-0.39, 0.29) is 5.91 Å². The third kappa shape index (κ3) is 2.54. The second-order valence-corrected chi connectivity index (χ2v) is 5.34. The van der Waals surface area contributed by atoms with Crippen molar-refractivity contribution >= 4 is 33.9 Å². The van der Waals surface area contributed by atoms with Crippen LogP contribution in [-0.2, 0) is 14.3 Å². The van der Waals surface area contributed by atoms with Crippen LogP contribution in [0.3, 0.4) is 0 Å². The van der Waals surface area contributed by atoms with E-state index >= 15 is 0 Å². The van der Waals surface area contributed by atoms with E-state index in [4.69, 9.17) is 4.74 Å². The van der Waals surface area contributed by atoms with E-state index in [9.17, 15) is 9.59 Å². The summed E-state index contributed by atoms with van der Waals surface area (Å²) in [5.74, 6) is -0.704. The molecule has 0 saturated carbocycles. The summed E-state index contributed by atoms with van der Waals surface area (Å²) in [7, 11) is 2.95. The summed E-state index contributed by atoms with van der Waals surface area (Å²) in [6.45, 7) is 1.73. The van der Waals surface area contributed by atoms with Gasteiger partial charge in [0.2, 0.25) is 0 Å². The number of rotatable bonds is 2. The second kappa shape index (κ2) is 5.63. The molecule has 0 unspecified atom stereocenters. The number of ether oxygens (including phenoxy) is 1. The van der Waals surface area contributed by atoms with Crippen LogP contribution in [-0.4, -0.2) is 30.9 Å². The molecule has 0 aromatic heterocycles. The highest BCUT2D eigenvalue weighted by atomic mass is 79.9. The quantitative estimate of drug-likeness (QED) is 0.616.